The molecule has 76 valence electrons. The SMILES string of the molecule is C/C=C/C(=O)[C@H](C)[C@H](O)C(C)(C)C. The molecular weight excluding hydrogens is 164 g/mol. The molecule has 2 atom stereocenters. The highest BCUT2D eigenvalue weighted by molar-refractivity contribution is 5.91. The summed E-state index contributed by atoms with van der Waals surface area (Å²) in [5.74, 6) is -0.332. The number of aliphatic hydroxyl groups excluding tert-OH is 1. The molecule has 0 unspecified atom stereocenters. The van der Waals surface area contributed by atoms with Crippen LogP contribution in [0.5, 0.6) is 0 Å². The van der Waals surface area contributed by atoms with Gasteiger partial charge in [-0.3, -0.25) is 4.79 Å². The van der Waals surface area contributed by atoms with Crippen LogP contribution in [0, 0.1) is 11.3 Å². The van der Waals surface area contributed by atoms with Gasteiger partial charge in [0.05, 0.1) is 6.10 Å². The zero-order chi connectivity index (χ0) is 10.6. The monoisotopic (exact) mass is 184 g/mol. The van der Waals surface area contributed by atoms with E-state index in [4.69, 9.17) is 0 Å². The molecule has 13 heavy (non-hydrogen) atoms. The number of carbonyl (C=O) groups is 1. The Hall–Kier alpha value is -0.630. The topological polar surface area (TPSA) is 37.3 Å². The first-order valence-corrected chi connectivity index (χ1v) is 4.65. The van der Waals surface area contributed by atoms with Crippen molar-refractivity contribution in [2.45, 2.75) is 40.7 Å². The molecular formula is C11H20O2. The fraction of sp³-hybridized carbons (Fsp3) is 0.727. The highest BCUT2D eigenvalue weighted by atomic mass is 16.3. The second-order valence-corrected chi connectivity index (χ2v) is 4.50. The molecule has 0 aliphatic rings. The van der Waals surface area contributed by atoms with E-state index in [1.807, 2.05) is 20.8 Å². The Morgan fingerprint density at radius 1 is 1.38 bits per heavy atom. The van der Waals surface area contributed by atoms with Crippen LogP contribution in [0.1, 0.15) is 34.6 Å². The molecule has 0 rings (SSSR count). The van der Waals surface area contributed by atoms with Gasteiger partial charge in [-0.25, -0.2) is 0 Å². The van der Waals surface area contributed by atoms with E-state index in [2.05, 4.69) is 0 Å². The molecule has 0 fully saturated rings. The van der Waals surface area contributed by atoms with Crippen molar-refractivity contribution in [3.8, 4) is 0 Å². The number of carbonyl (C=O) groups excluding carboxylic acids is 1. The van der Waals surface area contributed by atoms with Crippen molar-refractivity contribution in [2.24, 2.45) is 11.3 Å². The molecule has 0 saturated carbocycles. The Morgan fingerprint density at radius 3 is 2.15 bits per heavy atom. The maximum Gasteiger partial charge on any atom is 0.160 e. The summed E-state index contributed by atoms with van der Waals surface area (Å²) in [5.41, 5.74) is -0.239. The maximum absolute atomic E-state index is 11.4. The van der Waals surface area contributed by atoms with Crippen LogP contribution in [0.3, 0.4) is 0 Å². The lowest BCUT2D eigenvalue weighted by atomic mass is 9.80. The normalized spacial score (nSPS) is 17.4. The van der Waals surface area contributed by atoms with Crippen LogP contribution in [0.25, 0.3) is 0 Å². The molecule has 0 heterocycles. The zero-order valence-electron chi connectivity index (χ0n) is 9.16. The van der Waals surface area contributed by atoms with Gasteiger partial charge in [0.2, 0.25) is 0 Å². The fourth-order valence-electron chi connectivity index (χ4n) is 1.22. The first-order valence-electron chi connectivity index (χ1n) is 4.65. The molecule has 2 heteroatoms. The van der Waals surface area contributed by atoms with Gasteiger partial charge >= 0.3 is 0 Å². The lowest BCUT2D eigenvalue weighted by Crippen LogP contribution is -2.35. The predicted octanol–water partition coefficient (Wildman–Crippen LogP) is 2.17. The Balaban J connectivity index is 4.43. The number of hydrogen-bond donors (Lipinski definition) is 1. The van der Waals surface area contributed by atoms with Gasteiger partial charge in [-0.1, -0.05) is 33.8 Å². The van der Waals surface area contributed by atoms with Gasteiger partial charge in [-0.15, -0.1) is 0 Å². The molecule has 0 saturated heterocycles. The third-order valence-electron chi connectivity index (χ3n) is 2.14. The van der Waals surface area contributed by atoms with Crippen molar-refractivity contribution in [1.29, 1.82) is 0 Å². The lowest BCUT2D eigenvalue weighted by Gasteiger charge is -2.29. The Kier molecular flexibility index (Phi) is 4.34. The summed E-state index contributed by atoms with van der Waals surface area (Å²) >= 11 is 0. The minimum absolute atomic E-state index is 0.00933. The first-order chi connectivity index (χ1) is 5.80. The van der Waals surface area contributed by atoms with E-state index < -0.39 is 6.10 Å². The van der Waals surface area contributed by atoms with Gasteiger partial charge in [0.15, 0.2) is 5.78 Å². The van der Waals surface area contributed by atoms with E-state index in [-0.39, 0.29) is 17.1 Å². The number of rotatable bonds is 3. The molecule has 2 nitrogen and oxygen atoms in total. The van der Waals surface area contributed by atoms with Crippen molar-refractivity contribution >= 4 is 5.78 Å². The van der Waals surface area contributed by atoms with Crippen LogP contribution in [0.2, 0.25) is 0 Å². The molecule has 0 radical (unpaired) electrons. The van der Waals surface area contributed by atoms with E-state index >= 15 is 0 Å². The summed E-state index contributed by atoms with van der Waals surface area (Å²) in [6.07, 6.45) is 2.63. The van der Waals surface area contributed by atoms with Crippen molar-refractivity contribution in [2.75, 3.05) is 0 Å². The second kappa shape index (κ2) is 4.56. The van der Waals surface area contributed by atoms with Crippen molar-refractivity contribution in [3.63, 3.8) is 0 Å². The maximum atomic E-state index is 11.4. The van der Waals surface area contributed by atoms with Crippen LogP contribution in [0.4, 0.5) is 0 Å². The molecule has 0 aromatic carbocycles. The average molecular weight is 184 g/mol. The third-order valence-corrected chi connectivity index (χ3v) is 2.14. The Labute approximate surface area is 80.7 Å². The van der Waals surface area contributed by atoms with E-state index in [1.54, 1.807) is 19.9 Å². The van der Waals surface area contributed by atoms with Crippen LogP contribution < -0.4 is 0 Å². The summed E-state index contributed by atoms with van der Waals surface area (Å²) in [6.45, 7) is 9.34. The Bertz CT molecular complexity index is 199. The van der Waals surface area contributed by atoms with Crippen LogP contribution in [-0.2, 0) is 4.79 Å². The number of aliphatic hydroxyl groups is 1. The van der Waals surface area contributed by atoms with Crippen LogP contribution in [0.15, 0.2) is 12.2 Å². The van der Waals surface area contributed by atoms with Crippen LogP contribution >= 0.6 is 0 Å². The van der Waals surface area contributed by atoms with Gasteiger partial charge in [0.25, 0.3) is 0 Å². The van der Waals surface area contributed by atoms with Gasteiger partial charge in [-0.2, -0.15) is 0 Å². The molecule has 1 N–H and O–H groups in total. The largest absolute Gasteiger partial charge is 0.392 e. The molecule has 0 aromatic rings. The quantitative estimate of drug-likeness (QED) is 0.682. The van der Waals surface area contributed by atoms with Crippen molar-refractivity contribution in [1.82, 2.24) is 0 Å². The summed E-state index contributed by atoms with van der Waals surface area (Å²) in [4.78, 5) is 11.4. The van der Waals surface area contributed by atoms with Crippen molar-refractivity contribution < 1.29 is 9.90 Å². The summed E-state index contributed by atoms with van der Waals surface area (Å²) in [7, 11) is 0. The first kappa shape index (κ1) is 12.4. The molecule has 0 amide bonds. The van der Waals surface area contributed by atoms with Gasteiger partial charge in [-0.05, 0) is 18.4 Å². The highest BCUT2D eigenvalue weighted by Crippen LogP contribution is 2.25. The smallest absolute Gasteiger partial charge is 0.160 e. The molecule has 0 aromatic heterocycles. The standard InChI is InChI=1S/C11H20O2/c1-6-7-9(12)8(2)10(13)11(3,4)5/h6-8,10,13H,1-5H3/b7-6+/t8-,10-/m0/s1. The van der Waals surface area contributed by atoms with Gasteiger partial charge < -0.3 is 5.11 Å². The number of ketones is 1. The van der Waals surface area contributed by atoms with Crippen molar-refractivity contribution in [3.05, 3.63) is 12.2 Å². The lowest BCUT2D eigenvalue weighted by molar-refractivity contribution is -0.123. The minimum Gasteiger partial charge on any atom is -0.392 e. The molecule has 0 aliphatic heterocycles. The second-order valence-electron chi connectivity index (χ2n) is 4.50. The minimum atomic E-state index is -0.587. The van der Waals surface area contributed by atoms with Gasteiger partial charge in [0, 0.05) is 5.92 Å². The predicted molar refractivity (Wildman–Crippen MR) is 54.4 cm³/mol. The summed E-state index contributed by atoms with van der Waals surface area (Å²) in [5, 5.41) is 9.80. The zero-order valence-corrected chi connectivity index (χ0v) is 9.16. The molecule has 0 spiro atoms. The highest BCUT2D eigenvalue weighted by Gasteiger charge is 2.30. The number of hydrogen-bond acceptors (Lipinski definition) is 2. The van der Waals surface area contributed by atoms with Gasteiger partial charge in [0.1, 0.15) is 0 Å². The van der Waals surface area contributed by atoms with E-state index in [9.17, 15) is 9.90 Å². The third kappa shape index (κ3) is 3.73. The Morgan fingerprint density at radius 2 is 1.85 bits per heavy atom. The van der Waals surface area contributed by atoms with E-state index in [1.165, 1.54) is 6.08 Å². The summed E-state index contributed by atoms with van der Waals surface area (Å²) in [6, 6.07) is 0. The molecule has 0 aliphatic carbocycles. The summed E-state index contributed by atoms with van der Waals surface area (Å²) < 4.78 is 0. The average Bonchev–Trinajstić information content (AvgIpc) is 2.00. The van der Waals surface area contributed by atoms with E-state index in [0.717, 1.165) is 0 Å². The fourth-order valence-corrected chi connectivity index (χ4v) is 1.22. The van der Waals surface area contributed by atoms with Crippen LogP contribution in [-0.4, -0.2) is 17.0 Å². The number of allylic oxidation sites excluding steroid dienone is 2. The van der Waals surface area contributed by atoms with E-state index in [0.29, 0.717) is 0 Å². The molecule has 0 bridgehead atoms.